The molecule has 3 rings (SSSR count). The Labute approximate surface area is 117 Å². The van der Waals surface area contributed by atoms with E-state index in [2.05, 4.69) is 10.4 Å². The Kier molecular flexibility index (Phi) is 3.71. The van der Waals surface area contributed by atoms with Gasteiger partial charge in [0.2, 0.25) is 0 Å². The Hall–Kier alpha value is -1.52. The maximum Gasteiger partial charge on any atom is 0.176 e. The zero-order valence-electron chi connectivity index (χ0n) is 10.6. The average Bonchev–Trinajstić information content (AvgIpc) is 3.07. The summed E-state index contributed by atoms with van der Waals surface area (Å²) in [5.41, 5.74) is 1.12. The van der Waals surface area contributed by atoms with Gasteiger partial charge in [0.05, 0.1) is 6.20 Å². The summed E-state index contributed by atoms with van der Waals surface area (Å²) < 4.78 is 7.52. The lowest BCUT2D eigenvalue weighted by molar-refractivity contribution is 0.305. The van der Waals surface area contributed by atoms with Crippen molar-refractivity contribution in [3.05, 3.63) is 47.2 Å². The number of benzene rings is 1. The number of nitrogens with zero attached hydrogens (tertiary/aromatic N) is 2. The van der Waals surface area contributed by atoms with Crippen LogP contribution in [0.2, 0.25) is 5.15 Å². The van der Waals surface area contributed by atoms with E-state index in [4.69, 9.17) is 16.3 Å². The van der Waals surface area contributed by atoms with Gasteiger partial charge in [-0.25, -0.2) is 4.68 Å². The fourth-order valence-corrected chi connectivity index (χ4v) is 2.52. The predicted octanol–water partition coefficient (Wildman–Crippen LogP) is 3.00. The van der Waals surface area contributed by atoms with E-state index >= 15 is 0 Å². The highest BCUT2D eigenvalue weighted by Gasteiger charge is 2.21. The van der Waals surface area contributed by atoms with Crippen LogP contribution in [-0.2, 0) is 6.61 Å². The molecule has 0 aliphatic carbocycles. The molecule has 0 radical (unpaired) electrons. The molecule has 2 heterocycles. The van der Waals surface area contributed by atoms with Crippen LogP contribution in [0.15, 0.2) is 36.5 Å². The van der Waals surface area contributed by atoms with Crippen LogP contribution < -0.4 is 10.1 Å². The molecule has 1 aromatic carbocycles. The van der Waals surface area contributed by atoms with Gasteiger partial charge in [-0.2, -0.15) is 5.10 Å². The van der Waals surface area contributed by atoms with Crippen LogP contribution in [0.25, 0.3) is 0 Å². The van der Waals surface area contributed by atoms with Crippen molar-refractivity contribution in [3.8, 4) is 5.75 Å². The summed E-state index contributed by atoms with van der Waals surface area (Å²) in [4.78, 5) is 0. The average molecular weight is 278 g/mol. The second-order valence-electron chi connectivity index (χ2n) is 4.63. The molecule has 19 heavy (non-hydrogen) atoms. The number of nitrogens with one attached hydrogen (secondary N) is 1. The SMILES string of the molecule is Clc1c(OCc2ccccc2)cnn1C1CCCN1. The lowest BCUT2D eigenvalue weighted by Crippen LogP contribution is -2.20. The highest BCUT2D eigenvalue weighted by atomic mass is 35.5. The van der Waals surface area contributed by atoms with Crippen LogP contribution in [0.4, 0.5) is 0 Å². The van der Waals surface area contributed by atoms with E-state index in [0.29, 0.717) is 17.5 Å². The molecule has 100 valence electrons. The van der Waals surface area contributed by atoms with E-state index in [9.17, 15) is 0 Å². The van der Waals surface area contributed by atoms with Gasteiger partial charge >= 0.3 is 0 Å². The Morgan fingerprint density at radius 2 is 2.21 bits per heavy atom. The highest BCUT2D eigenvalue weighted by Crippen LogP contribution is 2.29. The number of hydrogen-bond donors (Lipinski definition) is 1. The van der Waals surface area contributed by atoms with Gasteiger partial charge in [0, 0.05) is 0 Å². The fraction of sp³-hybridized carbons (Fsp3) is 0.357. The van der Waals surface area contributed by atoms with Crippen molar-refractivity contribution in [2.24, 2.45) is 0 Å². The molecule has 1 saturated heterocycles. The van der Waals surface area contributed by atoms with Crippen LogP contribution in [0.5, 0.6) is 5.75 Å². The lowest BCUT2D eigenvalue weighted by Gasteiger charge is -2.12. The van der Waals surface area contributed by atoms with Gasteiger partial charge in [-0.3, -0.25) is 5.32 Å². The number of rotatable bonds is 4. The molecular formula is C14H16ClN3O. The van der Waals surface area contributed by atoms with Gasteiger partial charge in [-0.15, -0.1) is 0 Å². The van der Waals surface area contributed by atoms with Crippen molar-refractivity contribution in [1.29, 1.82) is 0 Å². The molecule has 1 aromatic heterocycles. The number of halogens is 1. The van der Waals surface area contributed by atoms with E-state index < -0.39 is 0 Å². The molecule has 1 aliphatic heterocycles. The summed E-state index contributed by atoms with van der Waals surface area (Å²) in [6, 6.07) is 10.0. The first-order chi connectivity index (χ1) is 9.34. The van der Waals surface area contributed by atoms with Crippen LogP contribution in [-0.4, -0.2) is 16.3 Å². The Balaban J connectivity index is 1.68. The third kappa shape index (κ3) is 2.74. The minimum atomic E-state index is 0.196. The zero-order valence-corrected chi connectivity index (χ0v) is 11.3. The quantitative estimate of drug-likeness (QED) is 0.934. The summed E-state index contributed by atoms with van der Waals surface area (Å²) in [6.07, 6.45) is 4.09. The monoisotopic (exact) mass is 277 g/mol. The van der Waals surface area contributed by atoms with E-state index in [1.807, 2.05) is 30.3 Å². The first-order valence-electron chi connectivity index (χ1n) is 6.48. The summed E-state index contributed by atoms with van der Waals surface area (Å²) >= 11 is 6.31. The topological polar surface area (TPSA) is 39.1 Å². The molecule has 5 heteroatoms. The second kappa shape index (κ2) is 5.63. The first-order valence-corrected chi connectivity index (χ1v) is 6.85. The third-order valence-corrected chi connectivity index (χ3v) is 3.63. The maximum absolute atomic E-state index is 6.31. The smallest absolute Gasteiger partial charge is 0.176 e. The molecule has 2 aromatic rings. The van der Waals surface area contributed by atoms with Crippen molar-refractivity contribution in [2.75, 3.05) is 6.54 Å². The standard InChI is InChI=1S/C14H16ClN3O/c15-14-12(19-10-11-5-2-1-3-6-11)9-17-18(14)13-7-4-8-16-13/h1-3,5-6,9,13,16H,4,7-8,10H2. The van der Waals surface area contributed by atoms with E-state index in [0.717, 1.165) is 24.9 Å². The summed E-state index contributed by atoms with van der Waals surface area (Å²) in [6.45, 7) is 1.52. The molecule has 1 aliphatic rings. The molecule has 0 saturated carbocycles. The van der Waals surface area contributed by atoms with E-state index in [1.54, 1.807) is 10.9 Å². The van der Waals surface area contributed by atoms with Gasteiger partial charge in [0.15, 0.2) is 10.9 Å². The minimum absolute atomic E-state index is 0.196. The van der Waals surface area contributed by atoms with Gasteiger partial charge in [-0.1, -0.05) is 41.9 Å². The van der Waals surface area contributed by atoms with E-state index in [-0.39, 0.29) is 6.17 Å². The molecule has 4 nitrogen and oxygen atoms in total. The summed E-state index contributed by atoms with van der Waals surface area (Å²) in [5.74, 6) is 0.638. The molecule has 0 amide bonds. The zero-order chi connectivity index (χ0) is 13.1. The molecule has 0 spiro atoms. The molecule has 1 fully saturated rings. The Bertz CT molecular complexity index is 535. The van der Waals surface area contributed by atoms with Gasteiger partial charge in [0.25, 0.3) is 0 Å². The van der Waals surface area contributed by atoms with Crippen molar-refractivity contribution >= 4 is 11.6 Å². The van der Waals surface area contributed by atoms with Crippen LogP contribution in [0, 0.1) is 0 Å². The van der Waals surface area contributed by atoms with Gasteiger partial charge in [-0.05, 0) is 24.9 Å². The number of ether oxygens (including phenoxy) is 1. The van der Waals surface area contributed by atoms with Crippen LogP contribution in [0.1, 0.15) is 24.6 Å². The van der Waals surface area contributed by atoms with Gasteiger partial charge in [0.1, 0.15) is 12.8 Å². The van der Waals surface area contributed by atoms with E-state index in [1.165, 1.54) is 0 Å². The Morgan fingerprint density at radius 3 is 2.95 bits per heavy atom. The normalized spacial score (nSPS) is 18.7. The molecular weight excluding hydrogens is 262 g/mol. The van der Waals surface area contributed by atoms with Crippen LogP contribution in [0.3, 0.4) is 0 Å². The minimum Gasteiger partial charge on any atom is -0.484 e. The number of aromatic nitrogens is 2. The van der Waals surface area contributed by atoms with Crippen molar-refractivity contribution < 1.29 is 4.74 Å². The largest absolute Gasteiger partial charge is 0.484 e. The fourth-order valence-electron chi connectivity index (χ4n) is 2.26. The summed E-state index contributed by atoms with van der Waals surface area (Å²) in [7, 11) is 0. The molecule has 1 N–H and O–H groups in total. The van der Waals surface area contributed by atoms with Crippen molar-refractivity contribution in [3.63, 3.8) is 0 Å². The lowest BCUT2D eigenvalue weighted by atomic mass is 10.2. The third-order valence-electron chi connectivity index (χ3n) is 3.27. The second-order valence-corrected chi connectivity index (χ2v) is 4.99. The predicted molar refractivity (Wildman–Crippen MR) is 74.3 cm³/mol. The number of hydrogen-bond acceptors (Lipinski definition) is 3. The molecule has 1 unspecified atom stereocenters. The Morgan fingerprint density at radius 1 is 1.37 bits per heavy atom. The van der Waals surface area contributed by atoms with Crippen LogP contribution >= 0.6 is 11.6 Å². The van der Waals surface area contributed by atoms with Gasteiger partial charge < -0.3 is 4.74 Å². The molecule has 1 atom stereocenters. The summed E-state index contributed by atoms with van der Waals surface area (Å²) in [5, 5.41) is 8.23. The van der Waals surface area contributed by atoms with Crippen molar-refractivity contribution in [1.82, 2.24) is 15.1 Å². The molecule has 0 bridgehead atoms. The highest BCUT2D eigenvalue weighted by molar-refractivity contribution is 6.31. The van der Waals surface area contributed by atoms with Crippen molar-refractivity contribution in [2.45, 2.75) is 25.6 Å². The maximum atomic E-state index is 6.31. The first kappa shape index (κ1) is 12.5.